The van der Waals surface area contributed by atoms with Gasteiger partial charge in [-0.25, -0.2) is 14.6 Å². The molecular weight excluding hydrogens is 569 g/mol. The SMILES string of the molecule is CC1(C(=O)O)CC(C(=O)O)=NN1c1ccc(Cl)cc1Cl.CCC(CC)Nc1c([N+](=O)[O-])cc(C)c(C)c1[N+](=O)[O-]. The van der Waals surface area contributed by atoms with Gasteiger partial charge in [-0.05, 0) is 57.4 Å². The summed E-state index contributed by atoms with van der Waals surface area (Å²) in [6.45, 7) is 8.49. The second-order valence-corrected chi connectivity index (χ2v) is 10.1. The van der Waals surface area contributed by atoms with Crippen LogP contribution < -0.4 is 10.3 Å². The molecule has 0 fully saturated rings. The van der Waals surface area contributed by atoms with Crippen molar-refractivity contribution in [3.63, 3.8) is 0 Å². The second kappa shape index (κ2) is 12.9. The number of hydrazone groups is 1. The van der Waals surface area contributed by atoms with Gasteiger partial charge in [-0.1, -0.05) is 37.0 Å². The van der Waals surface area contributed by atoms with E-state index in [4.69, 9.17) is 28.3 Å². The van der Waals surface area contributed by atoms with Crippen molar-refractivity contribution in [3.05, 3.63) is 65.7 Å². The number of halogens is 2. The average molecular weight is 598 g/mol. The van der Waals surface area contributed by atoms with E-state index in [1.807, 2.05) is 13.8 Å². The summed E-state index contributed by atoms with van der Waals surface area (Å²) in [5.41, 5.74) is -0.900. The number of hydrogen-bond acceptors (Lipinski definition) is 9. The highest BCUT2D eigenvalue weighted by Gasteiger charge is 2.48. The van der Waals surface area contributed by atoms with Crippen LogP contribution in [0.4, 0.5) is 22.7 Å². The lowest BCUT2D eigenvalue weighted by molar-refractivity contribution is -0.392. The number of nitrogens with one attached hydrogen (secondary N) is 1. The lowest BCUT2D eigenvalue weighted by Crippen LogP contribution is -2.47. The van der Waals surface area contributed by atoms with E-state index in [1.165, 1.54) is 31.2 Å². The maximum Gasteiger partial charge on any atom is 0.352 e. The van der Waals surface area contributed by atoms with Gasteiger partial charge in [0, 0.05) is 29.1 Å². The largest absolute Gasteiger partial charge is 0.479 e. The summed E-state index contributed by atoms with van der Waals surface area (Å²) in [5.74, 6) is -2.45. The normalized spacial score (nSPS) is 16.2. The van der Waals surface area contributed by atoms with Gasteiger partial charge in [0.1, 0.15) is 5.71 Å². The zero-order chi connectivity index (χ0) is 30.5. The van der Waals surface area contributed by atoms with Crippen LogP contribution in [-0.2, 0) is 9.59 Å². The van der Waals surface area contributed by atoms with Crippen LogP contribution in [0.3, 0.4) is 0 Å². The maximum absolute atomic E-state index is 11.5. The standard InChI is InChI=1S/C13H19N3O4.C12H10Cl2N2O4/c1-5-10(6-2)14-12-11(15(17)18)7-8(3)9(4)13(12)16(19)20;1-12(11(19)20)5-8(10(17)18)15-16(12)9-3-2-6(13)4-7(9)14/h7,10,14H,5-6H2,1-4H3;2-4H,5H2,1H3,(H,17,18)(H,19,20). The molecule has 1 heterocycles. The molecule has 15 heteroatoms. The molecule has 1 atom stereocenters. The Labute approximate surface area is 239 Å². The molecule has 0 radical (unpaired) electrons. The van der Waals surface area contributed by atoms with E-state index in [-0.39, 0.29) is 45.9 Å². The molecule has 3 rings (SSSR count). The monoisotopic (exact) mass is 597 g/mol. The third-order valence-corrected chi connectivity index (χ3v) is 7.09. The van der Waals surface area contributed by atoms with Crippen LogP contribution in [0.25, 0.3) is 0 Å². The van der Waals surface area contributed by atoms with E-state index < -0.39 is 27.3 Å². The number of rotatable bonds is 9. The number of aryl methyl sites for hydroxylation is 1. The molecule has 0 saturated heterocycles. The van der Waals surface area contributed by atoms with Crippen molar-refractivity contribution in [2.45, 2.75) is 65.5 Å². The Balaban J connectivity index is 0.000000280. The number of carboxylic acids is 2. The third kappa shape index (κ3) is 6.77. The minimum absolute atomic E-state index is 0.0109. The predicted molar refractivity (Wildman–Crippen MR) is 152 cm³/mol. The molecule has 0 aliphatic carbocycles. The van der Waals surface area contributed by atoms with Gasteiger partial charge in [0.15, 0.2) is 11.2 Å². The third-order valence-electron chi connectivity index (χ3n) is 6.55. The molecule has 1 aliphatic heterocycles. The molecule has 13 nitrogen and oxygen atoms in total. The summed E-state index contributed by atoms with van der Waals surface area (Å²) in [4.78, 5) is 43.8. The molecule has 0 amide bonds. The first kappa shape index (κ1) is 32.2. The lowest BCUT2D eigenvalue weighted by Gasteiger charge is -2.30. The molecule has 3 N–H and O–H groups in total. The fourth-order valence-corrected chi connectivity index (χ4v) is 4.51. The molecule has 2 aromatic carbocycles. The van der Waals surface area contributed by atoms with Gasteiger partial charge < -0.3 is 15.5 Å². The van der Waals surface area contributed by atoms with Gasteiger partial charge in [0.05, 0.1) is 20.6 Å². The maximum atomic E-state index is 11.5. The predicted octanol–water partition coefficient (Wildman–Crippen LogP) is 6.21. The van der Waals surface area contributed by atoms with Crippen molar-refractivity contribution in [3.8, 4) is 0 Å². The van der Waals surface area contributed by atoms with Crippen molar-refractivity contribution in [2.75, 3.05) is 10.3 Å². The van der Waals surface area contributed by atoms with Crippen molar-refractivity contribution in [2.24, 2.45) is 5.10 Å². The first-order chi connectivity index (χ1) is 18.6. The number of hydrogen-bond donors (Lipinski definition) is 3. The van der Waals surface area contributed by atoms with Gasteiger partial charge >= 0.3 is 17.6 Å². The van der Waals surface area contributed by atoms with Gasteiger partial charge in [-0.15, -0.1) is 0 Å². The van der Waals surface area contributed by atoms with Gasteiger partial charge in [-0.2, -0.15) is 5.10 Å². The summed E-state index contributed by atoms with van der Waals surface area (Å²) >= 11 is 11.8. The van der Waals surface area contributed by atoms with Gasteiger partial charge in [0.25, 0.3) is 5.69 Å². The van der Waals surface area contributed by atoms with Crippen LogP contribution in [0.1, 0.15) is 51.2 Å². The zero-order valence-electron chi connectivity index (χ0n) is 22.4. The number of carbonyl (C=O) groups is 2. The van der Waals surface area contributed by atoms with Crippen molar-refractivity contribution in [1.82, 2.24) is 0 Å². The van der Waals surface area contributed by atoms with Crippen LogP contribution in [0.2, 0.25) is 10.0 Å². The highest BCUT2D eigenvalue weighted by molar-refractivity contribution is 6.38. The minimum Gasteiger partial charge on any atom is -0.479 e. The fourth-order valence-electron chi connectivity index (χ4n) is 4.02. The molecule has 1 aliphatic rings. The Hall–Kier alpha value is -3.97. The number of aliphatic carboxylic acids is 2. The van der Waals surface area contributed by atoms with Crippen molar-refractivity contribution >= 4 is 63.6 Å². The fraction of sp³-hybridized carbons (Fsp3) is 0.400. The molecule has 0 aromatic heterocycles. The molecule has 1 unspecified atom stereocenters. The molecule has 216 valence electrons. The Morgan fingerprint density at radius 3 is 2.17 bits per heavy atom. The van der Waals surface area contributed by atoms with Gasteiger partial charge in [-0.3, -0.25) is 20.2 Å². The molecule has 0 bridgehead atoms. The van der Waals surface area contributed by atoms with Crippen LogP contribution >= 0.6 is 23.2 Å². The Morgan fingerprint density at radius 1 is 1.12 bits per heavy atom. The number of benzene rings is 2. The number of nitro benzene ring substituents is 2. The van der Waals surface area contributed by atoms with Crippen LogP contribution in [0, 0.1) is 34.1 Å². The summed E-state index contributed by atoms with van der Waals surface area (Å²) in [6, 6.07) is 5.82. The summed E-state index contributed by atoms with van der Waals surface area (Å²) in [7, 11) is 0. The highest BCUT2D eigenvalue weighted by Crippen LogP contribution is 2.40. The molecule has 40 heavy (non-hydrogen) atoms. The number of nitrogens with zero attached hydrogens (tertiary/aromatic N) is 4. The summed E-state index contributed by atoms with van der Waals surface area (Å²) in [5, 5.41) is 49.3. The average Bonchev–Trinajstić information content (AvgIpc) is 3.23. The zero-order valence-corrected chi connectivity index (χ0v) is 23.9. The highest BCUT2D eigenvalue weighted by atomic mass is 35.5. The van der Waals surface area contributed by atoms with E-state index >= 15 is 0 Å². The first-order valence-electron chi connectivity index (χ1n) is 12.1. The lowest BCUT2D eigenvalue weighted by atomic mass is 9.95. The van der Waals surface area contributed by atoms with Gasteiger partial charge in [0.2, 0.25) is 0 Å². The molecular formula is C25H29Cl2N5O8. The van der Waals surface area contributed by atoms with Crippen LogP contribution in [0.15, 0.2) is 29.4 Å². The molecule has 0 saturated carbocycles. The van der Waals surface area contributed by atoms with E-state index in [0.29, 0.717) is 16.1 Å². The van der Waals surface area contributed by atoms with Crippen molar-refractivity contribution in [1.29, 1.82) is 0 Å². The van der Waals surface area contributed by atoms with E-state index in [1.54, 1.807) is 13.8 Å². The quantitative estimate of drug-likeness (QED) is 0.221. The van der Waals surface area contributed by atoms with E-state index in [2.05, 4.69) is 10.4 Å². The molecule has 0 spiro atoms. The van der Waals surface area contributed by atoms with E-state index in [0.717, 1.165) is 17.9 Å². The second-order valence-electron chi connectivity index (χ2n) is 9.25. The number of anilines is 2. The van der Waals surface area contributed by atoms with Crippen molar-refractivity contribution < 1.29 is 29.6 Å². The Kier molecular flexibility index (Phi) is 10.4. The first-order valence-corrected chi connectivity index (χ1v) is 12.8. The van der Waals surface area contributed by atoms with Crippen LogP contribution in [-0.4, -0.2) is 49.3 Å². The minimum atomic E-state index is -1.51. The Morgan fingerprint density at radius 2 is 1.73 bits per heavy atom. The number of nitro groups is 2. The number of carboxylic acid groups (broad SMARTS) is 2. The summed E-state index contributed by atoms with van der Waals surface area (Å²) < 4.78 is 0. The van der Waals surface area contributed by atoms with Crippen LogP contribution in [0.5, 0.6) is 0 Å². The summed E-state index contributed by atoms with van der Waals surface area (Å²) in [6.07, 6.45) is 1.24. The smallest absolute Gasteiger partial charge is 0.352 e. The Bertz CT molecular complexity index is 1380. The molecule has 2 aromatic rings. The van der Waals surface area contributed by atoms with E-state index in [9.17, 15) is 34.9 Å². The topological polar surface area (TPSA) is 189 Å².